The van der Waals surface area contributed by atoms with Gasteiger partial charge in [0.25, 0.3) is 0 Å². The lowest BCUT2D eigenvalue weighted by atomic mass is 9.98. The molecule has 1 atom stereocenters. The van der Waals surface area contributed by atoms with E-state index in [1.807, 2.05) is 25.6 Å². The standard InChI is InChI=1S/C10H15NS.C2H6/c1-4-8(2)9(3)5-10-6-11-7-12-10;1-2/h4,6-7,9H,5H2,1-3H3;1-2H3/b8-4+;. The summed E-state index contributed by atoms with van der Waals surface area (Å²) in [6.45, 7) is 10.5. The Morgan fingerprint density at radius 1 is 1.57 bits per heavy atom. The van der Waals surface area contributed by atoms with Crippen molar-refractivity contribution in [2.24, 2.45) is 5.92 Å². The van der Waals surface area contributed by atoms with Gasteiger partial charge in [-0.15, -0.1) is 11.3 Å². The highest BCUT2D eigenvalue weighted by Crippen LogP contribution is 2.18. The van der Waals surface area contributed by atoms with Crippen LogP contribution in [0.4, 0.5) is 0 Å². The third-order valence-electron chi connectivity index (χ3n) is 2.22. The van der Waals surface area contributed by atoms with Gasteiger partial charge in [-0.05, 0) is 26.2 Å². The van der Waals surface area contributed by atoms with Crippen LogP contribution in [0, 0.1) is 5.92 Å². The predicted molar refractivity (Wildman–Crippen MR) is 65.8 cm³/mol. The highest BCUT2D eigenvalue weighted by atomic mass is 32.1. The summed E-state index contributed by atoms with van der Waals surface area (Å²) in [5, 5.41) is 0. The van der Waals surface area contributed by atoms with Crippen molar-refractivity contribution < 1.29 is 0 Å². The maximum atomic E-state index is 4.06. The molecule has 2 heteroatoms. The molecule has 1 heterocycles. The van der Waals surface area contributed by atoms with E-state index < -0.39 is 0 Å². The Morgan fingerprint density at radius 3 is 2.64 bits per heavy atom. The molecule has 0 aliphatic heterocycles. The molecular formula is C12H21NS. The van der Waals surface area contributed by atoms with Crippen molar-refractivity contribution in [1.82, 2.24) is 4.98 Å². The third-order valence-corrected chi connectivity index (χ3v) is 3.03. The summed E-state index contributed by atoms with van der Waals surface area (Å²) in [4.78, 5) is 5.44. The fourth-order valence-electron chi connectivity index (χ4n) is 1.09. The van der Waals surface area contributed by atoms with E-state index in [-0.39, 0.29) is 0 Å². The number of hydrogen-bond donors (Lipinski definition) is 0. The molecule has 0 saturated heterocycles. The zero-order chi connectivity index (χ0) is 11.0. The second-order valence-electron chi connectivity index (χ2n) is 3.11. The van der Waals surface area contributed by atoms with Gasteiger partial charge in [-0.25, -0.2) is 0 Å². The van der Waals surface area contributed by atoms with Gasteiger partial charge < -0.3 is 0 Å². The summed E-state index contributed by atoms with van der Waals surface area (Å²) in [6, 6.07) is 0. The number of thiazole rings is 1. The maximum Gasteiger partial charge on any atom is 0.0794 e. The van der Waals surface area contributed by atoms with Gasteiger partial charge in [-0.1, -0.05) is 32.4 Å². The SMILES string of the molecule is C/C=C(\C)C(C)Cc1cncs1.CC. The van der Waals surface area contributed by atoms with Crippen molar-refractivity contribution in [1.29, 1.82) is 0 Å². The van der Waals surface area contributed by atoms with E-state index in [1.54, 1.807) is 11.3 Å². The van der Waals surface area contributed by atoms with Crippen molar-refractivity contribution in [3.63, 3.8) is 0 Å². The van der Waals surface area contributed by atoms with Crippen LogP contribution in [-0.2, 0) is 6.42 Å². The lowest BCUT2D eigenvalue weighted by Crippen LogP contribution is -1.99. The normalized spacial score (nSPS) is 13.1. The molecule has 0 aromatic carbocycles. The third kappa shape index (κ3) is 4.56. The number of rotatable bonds is 3. The Hall–Kier alpha value is -0.630. The van der Waals surface area contributed by atoms with Crippen LogP contribution in [0.25, 0.3) is 0 Å². The summed E-state index contributed by atoms with van der Waals surface area (Å²) in [5.74, 6) is 0.649. The second kappa shape index (κ2) is 7.74. The van der Waals surface area contributed by atoms with E-state index >= 15 is 0 Å². The van der Waals surface area contributed by atoms with E-state index in [4.69, 9.17) is 0 Å². The first-order valence-electron chi connectivity index (χ1n) is 5.24. The second-order valence-corrected chi connectivity index (χ2v) is 4.08. The molecule has 0 saturated carbocycles. The van der Waals surface area contributed by atoms with Gasteiger partial charge in [0.15, 0.2) is 0 Å². The van der Waals surface area contributed by atoms with Crippen LogP contribution < -0.4 is 0 Å². The van der Waals surface area contributed by atoms with Crippen molar-refractivity contribution >= 4 is 11.3 Å². The fourth-order valence-corrected chi connectivity index (χ4v) is 1.82. The topological polar surface area (TPSA) is 12.9 Å². The van der Waals surface area contributed by atoms with Crippen molar-refractivity contribution in [2.75, 3.05) is 0 Å². The average Bonchev–Trinajstić information content (AvgIpc) is 2.72. The summed E-state index contributed by atoms with van der Waals surface area (Å²) >= 11 is 1.74. The molecule has 1 nitrogen and oxygen atoms in total. The smallest absolute Gasteiger partial charge is 0.0794 e. The highest BCUT2D eigenvalue weighted by Gasteiger charge is 2.05. The quantitative estimate of drug-likeness (QED) is 0.679. The number of allylic oxidation sites excluding steroid dienone is 2. The minimum absolute atomic E-state index is 0.649. The lowest BCUT2D eigenvalue weighted by molar-refractivity contribution is 0.682. The molecule has 1 aromatic heterocycles. The number of nitrogens with zero attached hydrogens (tertiary/aromatic N) is 1. The van der Waals surface area contributed by atoms with E-state index in [0.717, 1.165) is 6.42 Å². The molecule has 1 unspecified atom stereocenters. The van der Waals surface area contributed by atoms with Gasteiger partial charge in [-0.2, -0.15) is 0 Å². The number of hydrogen-bond acceptors (Lipinski definition) is 2. The first-order chi connectivity index (χ1) is 6.74. The Morgan fingerprint density at radius 2 is 2.21 bits per heavy atom. The molecule has 0 amide bonds. The van der Waals surface area contributed by atoms with Crippen LogP contribution in [0.1, 0.15) is 39.5 Å². The molecule has 80 valence electrons. The predicted octanol–water partition coefficient (Wildman–Crippen LogP) is 4.31. The lowest BCUT2D eigenvalue weighted by Gasteiger charge is -2.09. The molecule has 0 aliphatic carbocycles. The first-order valence-corrected chi connectivity index (χ1v) is 6.12. The summed E-state index contributed by atoms with van der Waals surface area (Å²) < 4.78 is 0. The van der Waals surface area contributed by atoms with Crippen molar-refractivity contribution in [2.45, 2.75) is 41.0 Å². The monoisotopic (exact) mass is 211 g/mol. The van der Waals surface area contributed by atoms with Crippen LogP contribution in [0.5, 0.6) is 0 Å². The molecular weight excluding hydrogens is 190 g/mol. The van der Waals surface area contributed by atoms with Crippen LogP contribution in [-0.4, -0.2) is 4.98 Å². The van der Waals surface area contributed by atoms with E-state index in [9.17, 15) is 0 Å². The average molecular weight is 211 g/mol. The van der Waals surface area contributed by atoms with Crippen LogP contribution in [0.2, 0.25) is 0 Å². The molecule has 0 spiro atoms. The van der Waals surface area contributed by atoms with E-state index in [2.05, 4.69) is 31.8 Å². The molecule has 1 rings (SSSR count). The molecule has 0 fully saturated rings. The van der Waals surface area contributed by atoms with E-state index in [0.29, 0.717) is 5.92 Å². The van der Waals surface area contributed by atoms with Crippen LogP contribution in [0.3, 0.4) is 0 Å². The minimum atomic E-state index is 0.649. The van der Waals surface area contributed by atoms with Crippen molar-refractivity contribution in [3.8, 4) is 0 Å². The van der Waals surface area contributed by atoms with Crippen molar-refractivity contribution in [3.05, 3.63) is 28.2 Å². The zero-order valence-corrected chi connectivity index (χ0v) is 10.7. The molecule has 0 aliphatic rings. The Labute approximate surface area is 91.9 Å². The molecule has 0 radical (unpaired) electrons. The zero-order valence-electron chi connectivity index (χ0n) is 9.87. The maximum absolute atomic E-state index is 4.06. The number of aromatic nitrogens is 1. The fraction of sp³-hybridized carbons (Fsp3) is 0.583. The van der Waals surface area contributed by atoms with Gasteiger partial charge in [0.2, 0.25) is 0 Å². The highest BCUT2D eigenvalue weighted by molar-refractivity contribution is 7.09. The van der Waals surface area contributed by atoms with Gasteiger partial charge in [0.05, 0.1) is 5.51 Å². The summed E-state index contributed by atoms with van der Waals surface area (Å²) in [7, 11) is 0. The van der Waals surface area contributed by atoms with Gasteiger partial charge >= 0.3 is 0 Å². The Bertz CT molecular complexity index is 249. The van der Waals surface area contributed by atoms with Gasteiger partial charge in [0.1, 0.15) is 0 Å². The summed E-state index contributed by atoms with van der Waals surface area (Å²) in [5.41, 5.74) is 3.36. The Balaban J connectivity index is 0.000000791. The molecule has 14 heavy (non-hydrogen) atoms. The van der Waals surface area contributed by atoms with Gasteiger partial charge in [-0.3, -0.25) is 4.98 Å². The van der Waals surface area contributed by atoms with Crippen LogP contribution in [0.15, 0.2) is 23.4 Å². The Kier molecular flexibility index (Phi) is 7.40. The van der Waals surface area contributed by atoms with E-state index in [1.165, 1.54) is 10.5 Å². The molecule has 0 bridgehead atoms. The first kappa shape index (κ1) is 13.4. The minimum Gasteiger partial charge on any atom is -0.253 e. The van der Waals surface area contributed by atoms with Gasteiger partial charge in [0, 0.05) is 11.1 Å². The largest absolute Gasteiger partial charge is 0.253 e. The molecule has 0 N–H and O–H groups in total. The molecule has 1 aromatic rings. The summed E-state index contributed by atoms with van der Waals surface area (Å²) in [6.07, 6.45) is 5.27. The van der Waals surface area contributed by atoms with Crippen LogP contribution >= 0.6 is 11.3 Å².